The second-order valence-corrected chi connectivity index (χ2v) is 3.85. The molecule has 2 aromatic rings. The zero-order valence-electron chi connectivity index (χ0n) is 9.82. The van der Waals surface area contributed by atoms with Crippen LogP contribution in [0.1, 0.15) is 22.6 Å². The highest BCUT2D eigenvalue weighted by atomic mass is 16.5. The average Bonchev–Trinajstić information content (AvgIpc) is 2.67. The van der Waals surface area contributed by atoms with Gasteiger partial charge in [0.15, 0.2) is 0 Å². The van der Waals surface area contributed by atoms with Gasteiger partial charge in [0.1, 0.15) is 5.76 Å². The Morgan fingerprint density at radius 2 is 2.00 bits per heavy atom. The Bertz CT molecular complexity index is 530. The van der Waals surface area contributed by atoms with Gasteiger partial charge in [0, 0.05) is 17.8 Å². The maximum absolute atomic E-state index is 8.69. The van der Waals surface area contributed by atoms with Gasteiger partial charge in [-0.25, -0.2) is 0 Å². The molecule has 1 N–H and O–H groups in total. The number of hydrogen-bond donors (Lipinski definition) is 1. The van der Waals surface area contributed by atoms with E-state index in [1.807, 2.05) is 26.0 Å². The van der Waals surface area contributed by atoms with Crippen molar-refractivity contribution in [3.05, 3.63) is 46.8 Å². The molecule has 17 heavy (non-hydrogen) atoms. The van der Waals surface area contributed by atoms with Crippen molar-refractivity contribution in [2.45, 2.75) is 20.4 Å². The summed E-state index contributed by atoms with van der Waals surface area (Å²) in [6, 6.07) is 9.44. The Morgan fingerprint density at radius 1 is 1.29 bits per heavy atom. The number of rotatable bonds is 3. The summed E-state index contributed by atoms with van der Waals surface area (Å²) in [4.78, 5) is 0. The Balaban J connectivity index is 2.05. The third-order valence-electron chi connectivity index (χ3n) is 2.66. The highest BCUT2D eigenvalue weighted by Crippen LogP contribution is 2.15. The van der Waals surface area contributed by atoms with Crippen molar-refractivity contribution in [1.82, 2.24) is 5.16 Å². The van der Waals surface area contributed by atoms with Crippen LogP contribution in [0.2, 0.25) is 0 Å². The summed E-state index contributed by atoms with van der Waals surface area (Å²) < 4.78 is 5.09. The van der Waals surface area contributed by atoms with E-state index >= 15 is 0 Å². The smallest absolute Gasteiger partial charge is 0.138 e. The zero-order valence-corrected chi connectivity index (χ0v) is 9.82. The number of aromatic nitrogens is 1. The van der Waals surface area contributed by atoms with Gasteiger partial charge in [0.2, 0.25) is 0 Å². The van der Waals surface area contributed by atoms with Crippen LogP contribution in [0.5, 0.6) is 0 Å². The molecule has 0 spiro atoms. The number of aryl methyl sites for hydroxylation is 2. The lowest BCUT2D eigenvalue weighted by atomic mass is 10.2. The number of hydrogen-bond acceptors (Lipinski definition) is 4. The standard InChI is InChI=1S/C13H13N3O/c1-9-13(10(2)17-16-9)8-15-12-5-3-11(7-14)4-6-12/h3-6,15H,8H2,1-2H3. The third kappa shape index (κ3) is 2.45. The largest absolute Gasteiger partial charge is 0.381 e. The predicted molar refractivity (Wildman–Crippen MR) is 64.5 cm³/mol. The first-order valence-electron chi connectivity index (χ1n) is 5.36. The van der Waals surface area contributed by atoms with E-state index in [-0.39, 0.29) is 0 Å². The van der Waals surface area contributed by atoms with Crippen molar-refractivity contribution in [2.75, 3.05) is 5.32 Å². The molecule has 0 saturated carbocycles. The molecule has 1 aromatic heterocycles. The molecule has 0 atom stereocenters. The van der Waals surface area contributed by atoms with Crippen LogP contribution in [0.15, 0.2) is 28.8 Å². The highest BCUT2D eigenvalue weighted by Gasteiger charge is 2.07. The topological polar surface area (TPSA) is 61.9 Å². The number of nitriles is 1. The molecule has 1 heterocycles. The minimum Gasteiger partial charge on any atom is -0.381 e. The molecule has 2 rings (SSSR count). The van der Waals surface area contributed by atoms with Crippen LogP contribution in [0, 0.1) is 25.2 Å². The van der Waals surface area contributed by atoms with E-state index in [0.717, 1.165) is 22.7 Å². The number of nitrogens with zero attached hydrogens (tertiary/aromatic N) is 2. The highest BCUT2D eigenvalue weighted by molar-refractivity contribution is 5.47. The maximum atomic E-state index is 8.69. The van der Waals surface area contributed by atoms with Gasteiger partial charge in [-0.2, -0.15) is 5.26 Å². The Kier molecular flexibility index (Phi) is 3.10. The monoisotopic (exact) mass is 227 g/mol. The van der Waals surface area contributed by atoms with Crippen molar-refractivity contribution < 1.29 is 4.52 Å². The average molecular weight is 227 g/mol. The normalized spacial score (nSPS) is 9.94. The summed E-state index contributed by atoms with van der Waals surface area (Å²) in [7, 11) is 0. The molecule has 0 aliphatic carbocycles. The number of anilines is 1. The van der Waals surface area contributed by atoms with Crippen molar-refractivity contribution >= 4 is 5.69 Å². The van der Waals surface area contributed by atoms with Gasteiger partial charge in [-0.3, -0.25) is 0 Å². The van der Waals surface area contributed by atoms with Gasteiger partial charge >= 0.3 is 0 Å². The molecular weight excluding hydrogens is 214 g/mol. The fourth-order valence-corrected chi connectivity index (χ4v) is 1.61. The fraction of sp³-hybridized carbons (Fsp3) is 0.231. The van der Waals surface area contributed by atoms with Crippen LogP contribution in [-0.4, -0.2) is 5.16 Å². The quantitative estimate of drug-likeness (QED) is 0.875. The molecule has 0 aliphatic heterocycles. The molecule has 0 radical (unpaired) electrons. The lowest BCUT2D eigenvalue weighted by Crippen LogP contribution is -2.01. The molecule has 0 aliphatic rings. The number of nitrogens with one attached hydrogen (secondary N) is 1. The predicted octanol–water partition coefficient (Wildman–Crippen LogP) is 2.78. The summed E-state index contributed by atoms with van der Waals surface area (Å²) in [5, 5.41) is 15.9. The molecule has 1 aromatic carbocycles. The lowest BCUT2D eigenvalue weighted by Gasteiger charge is -2.05. The van der Waals surface area contributed by atoms with Crippen molar-refractivity contribution in [1.29, 1.82) is 5.26 Å². The van der Waals surface area contributed by atoms with Gasteiger partial charge in [0.25, 0.3) is 0 Å². The SMILES string of the molecule is Cc1noc(C)c1CNc1ccc(C#N)cc1. The van der Waals surface area contributed by atoms with E-state index in [9.17, 15) is 0 Å². The van der Waals surface area contributed by atoms with Gasteiger partial charge in [-0.05, 0) is 38.1 Å². The molecule has 4 heteroatoms. The van der Waals surface area contributed by atoms with E-state index in [1.165, 1.54) is 0 Å². The van der Waals surface area contributed by atoms with Crippen LogP contribution in [-0.2, 0) is 6.54 Å². The van der Waals surface area contributed by atoms with Crippen LogP contribution in [0.3, 0.4) is 0 Å². The number of benzene rings is 1. The minimum atomic E-state index is 0.660. The van der Waals surface area contributed by atoms with E-state index in [1.54, 1.807) is 12.1 Å². The van der Waals surface area contributed by atoms with Gasteiger partial charge in [-0.1, -0.05) is 5.16 Å². The van der Waals surface area contributed by atoms with E-state index in [4.69, 9.17) is 9.78 Å². The molecule has 86 valence electrons. The summed E-state index contributed by atoms with van der Waals surface area (Å²) >= 11 is 0. The van der Waals surface area contributed by atoms with E-state index < -0.39 is 0 Å². The first-order chi connectivity index (χ1) is 8.20. The molecule has 0 unspecified atom stereocenters. The first-order valence-corrected chi connectivity index (χ1v) is 5.36. The molecule has 0 amide bonds. The van der Waals surface area contributed by atoms with E-state index in [2.05, 4.69) is 16.5 Å². The van der Waals surface area contributed by atoms with Gasteiger partial charge < -0.3 is 9.84 Å². The minimum absolute atomic E-state index is 0.660. The van der Waals surface area contributed by atoms with Crippen molar-refractivity contribution in [3.8, 4) is 6.07 Å². The molecule has 0 bridgehead atoms. The van der Waals surface area contributed by atoms with Crippen LogP contribution in [0.25, 0.3) is 0 Å². The first kappa shape index (κ1) is 11.2. The second-order valence-electron chi connectivity index (χ2n) is 3.85. The van der Waals surface area contributed by atoms with Crippen molar-refractivity contribution in [3.63, 3.8) is 0 Å². The summed E-state index contributed by atoms with van der Waals surface area (Å²) in [6.07, 6.45) is 0. The molecule has 0 saturated heterocycles. The summed E-state index contributed by atoms with van der Waals surface area (Å²) in [5.74, 6) is 0.837. The van der Waals surface area contributed by atoms with Gasteiger partial charge in [0.05, 0.1) is 17.3 Å². The zero-order chi connectivity index (χ0) is 12.3. The Hall–Kier alpha value is -2.28. The van der Waals surface area contributed by atoms with Crippen LogP contribution >= 0.6 is 0 Å². The van der Waals surface area contributed by atoms with E-state index in [0.29, 0.717) is 12.1 Å². The summed E-state index contributed by atoms with van der Waals surface area (Å²) in [5.41, 5.74) is 3.62. The van der Waals surface area contributed by atoms with Crippen molar-refractivity contribution in [2.24, 2.45) is 0 Å². The summed E-state index contributed by atoms with van der Waals surface area (Å²) in [6.45, 7) is 4.50. The Morgan fingerprint density at radius 3 is 2.53 bits per heavy atom. The van der Waals surface area contributed by atoms with Gasteiger partial charge in [-0.15, -0.1) is 0 Å². The fourth-order valence-electron chi connectivity index (χ4n) is 1.61. The molecular formula is C13H13N3O. The molecule has 0 fully saturated rings. The maximum Gasteiger partial charge on any atom is 0.138 e. The lowest BCUT2D eigenvalue weighted by molar-refractivity contribution is 0.392. The van der Waals surface area contributed by atoms with Crippen LogP contribution in [0.4, 0.5) is 5.69 Å². The molecule has 4 nitrogen and oxygen atoms in total. The third-order valence-corrected chi connectivity index (χ3v) is 2.66. The second kappa shape index (κ2) is 4.71. The Labute approximate surface area is 99.9 Å². The van der Waals surface area contributed by atoms with Crippen LogP contribution < -0.4 is 5.32 Å².